The molecular weight excluding hydrogens is 216 g/mol. The maximum absolute atomic E-state index is 11.8. The summed E-state index contributed by atoms with van der Waals surface area (Å²) in [7, 11) is 0. The molecule has 0 radical (unpaired) electrons. The van der Waals surface area contributed by atoms with E-state index in [1.165, 1.54) is 0 Å². The maximum atomic E-state index is 11.8. The van der Waals surface area contributed by atoms with Crippen molar-refractivity contribution in [3.8, 4) is 0 Å². The van der Waals surface area contributed by atoms with Crippen molar-refractivity contribution in [3.05, 3.63) is 0 Å². The Hall–Kier alpha value is -1.06. The molecule has 0 fully saturated rings. The van der Waals surface area contributed by atoms with Crippen LogP contribution >= 0.6 is 0 Å². The SMILES string of the molecule is CCCCN(CC)C(=O)CNC(=O)C(C)(C)C. The van der Waals surface area contributed by atoms with Gasteiger partial charge in [0, 0.05) is 18.5 Å². The highest BCUT2D eigenvalue weighted by Crippen LogP contribution is 2.12. The Morgan fingerprint density at radius 3 is 2.18 bits per heavy atom. The number of hydrogen-bond donors (Lipinski definition) is 1. The Labute approximate surface area is 105 Å². The molecule has 0 spiro atoms. The van der Waals surface area contributed by atoms with Gasteiger partial charge in [-0.15, -0.1) is 0 Å². The van der Waals surface area contributed by atoms with Crippen molar-refractivity contribution in [2.45, 2.75) is 47.5 Å². The summed E-state index contributed by atoms with van der Waals surface area (Å²) in [5.74, 6) is -0.0871. The molecule has 2 amide bonds. The van der Waals surface area contributed by atoms with E-state index in [9.17, 15) is 9.59 Å². The Bertz CT molecular complexity index is 257. The van der Waals surface area contributed by atoms with Gasteiger partial charge in [-0.1, -0.05) is 34.1 Å². The second kappa shape index (κ2) is 7.30. The van der Waals surface area contributed by atoms with Gasteiger partial charge >= 0.3 is 0 Å². The summed E-state index contributed by atoms with van der Waals surface area (Å²) < 4.78 is 0. The van der Waals surface area contributed by atoms with Crippen LogP contribution in [0.2, 0.25) is 0 Å². The van der Waals surface area contributed by atoms with Gasteiger partial charge in [-0.25, -0.2) is 0 Å². The molecule has 0 unspecified atom stereocenters. The van der Waals surface area contributed by atoms with E-state index < -0.39 is 5.41 Å². The molecule has 0 aliphatic rings. The molecule has 4 nitrogen and oxygen atoms in total. The number of hydrogen-bond acceptors (Lipinski definition) is 2. The molecule has 0 heterocycles. The lowest BCUT2D eigenvalue weighted by molar-refractivity contribution is -0.135. The molecule has 0 saturated carbocycles. The van der Waals surface area contributed by atoms with E-state index in [0.29, 0.717) is 6.54 Å². The lowest BCUT2D eigenvalue weighted by Gasteiger charge is -2.22. The van der Waals surface area contributed by atoms with E-state index in [-0.39, 0.29) is 18.4 Å². The first-order chi connectivity index (χ1) is 7.82. The number of nitrogens with zero attached hydrogens (tertiary/aromatic N) is 1. The lowest BCUT2D eigenvalue weighted by Crippen LogP contribution is -2.43. The van der Waals surface area contributed by atoms with Crippen LogP contribution in [0.25, 0.3) is 0 Å². The minimum Gasteiger partial charge on any atom is -0.347 e. The quantitative estimate of drug-likeness (QED) is 0.772. The number of nitrogens with one attached hydrogen (secondary N) is 1. The van der Waals surface area contributed by atoms with E-state index in [0.717, 1.165) is 19.4 Å². The molecule has 17 heavy (non-hydrogen) atoms. The molecule has 0 rings (SSSR count). The van der Waals surface area contributed by atoms with E-state index in [2.05, 4.69) is 12.2 Å². The topological polar surface area (TPSA) is 49.4 Å². The molecule has 0 aliphatic heterocycles. The van der Waals surface area contributed by atoms with Gasteiger partial charge in [-0.2, -0.15) is 0 Å². The van der Waals surface area contributed by atoms with Crippen LogP contribution in [-0.4, -0.2) is 36.3 Å². The first-order valence-electron chi connectivity index (χ1n) is 6.39. The van der Waals surface area contributed by atoms with Gasteiger partial charge in [-0.05, 0) is 13.3 Å². The number of unbranched alkanes of at least 4 members (excludes halogenated alkanes) is 1. The summed E-state index contributed by atoms with van der Waals surface area (Å²) in [6.45, 7) is 11.1. The monoisotopic (exact) mass is 242 g/mol. The van der Waals surface area contributed by atoms with Gasteiger partial charge in [-0.3, -0.25) is 9.59 Å². The summed E-state index contributed by atoms with van der Waals surface area (Å²) in [6.07, 6.45) is 2.07. The van der Waals surface area contributed by atoms with Crippen molar-refractivity contribution >= 4 is 11.8 Å². The third kappa shape index (κ3) is 6.29. The zero-order chi connectivity index (χ0) is 13.5. The summed E-state index contributed by atoms with van der Waals surface area (Å²) in [4.78, 5) is 25.2. The summed E-state index contributed by atoms with van der Waals surface area (Å²) >= 11 is 0. The van der Waals surface area contributed by atoms with Gasteiger partial charge < -0.3 is 10.2 Å². The van der Waals surface area contributed by atoms with Crippen LogP contribution in [0.5, 0.6) is 0 Å². The average Bonchev–Trinajstić information content (AvgIpc) is 2.25. The molecule has 0 bridgehead atoms. The Balaban J connectivity index is 4.11. The molecule has 0 saturated heterocycles. The fraction of sp³-hybridized carbons (Fsp3) is 0.846. The number of carbonyl (C=O) groups is 2. The highest BCUT2D eigenvalue weighted by atomic mass is 16.2. The third-order valence-electron chi connectivity index (χ3n) is 2.60. The predicted octanol–water partition coefficient (Wildman–Crippen LogP) is 1.80. The summed E-state index contributed by atoms with van der Waals surface area (Å²) in [5, 5.41) is 2.68. The van der Waals surface area contributed by atoms with Crippen molar-refractivity contribution in [3.63, 3.8) is 0 Å². The number of rotatable bonds is 6. The predicted molar refractivity (Wildman–Crippen MR) is 69.6 cm³/mol. The van der Waals surface area contributed by atoms with Gasteiger partial charge in [0.1, 0.15) is 0 Å². The molecular formula is C13H26N2O2. The molecule has 100 valence electrons. The summed E-state index contributed by atoms with van der Waals surface area (Å²) in [5.41, 5.74) is -0.444. The van der Waals surface area contributed by atoms with Gasteiger partial charge in [0.05, 0.1) is 6.54 Å². The minimum atomic E-state index is -0.444. The number of carbonyl (C=O) groups excluding carboxylic acids is 2. The molecule has 0 atom stereocenters. The van der Waals surface area contributed by atoms with Crippen molar-refractivity contribution in [2.75, 3.05) is 19.6 Å². The van der Waals surface area contributed by atoms with Crippen LogP contribution in [-0.2, 0) is 9.59 Å². The fourth-order valence-electron chi connectivity index (χ4n) is 1.34. The zero-order valence-electron chi connectivity index (χ0n) is 11.8. The van der Waals surface area contributed by atoms with Gasteiger partial charge in [0.25, 0.3) is 0 Å². The van der Waals surface area contributed by atoms with Crippen molar-refractivity contribution < 1.29 is 9.59 Å². The molecule has 0 aromatic heterocycles. The number of likely N-dealkylation sites (N-methyl/N-ethyl adjacent to an activating group) is 1. The maximum Gasteiger partial charge on any atom is 0.241 e. The third-order valence-corrected chi connectivity index (χ3v) is 2.60. The first kappa shape index (κ1) is 15.9. The Morgan fingerprint density at radius 2 is 1.76 bits per heavy atom. The van der Waals surface area contributed by atoms with Crippen LogP contribution in [0.4, 0.5) is 0 Å². The van der Waals surface area contributed by atoms with Crippen molar-refractivity contribution in [1.29, 1.82) is 0 Å². The van der Waals surface area contributed by atoms with Crippen LogP contribution in [0, 0.1) is 5.41 Å². The lowest BCUT2D eigenvalue weighted by atomic mass is 9.96. The van der Waals surface area contributed by atoms with Crippen LogP contribution in [0.15, 0.2) is 0 Å². The van der Waals surface area contributed by atoms with Crippen LogP contribution < -0.4 is 5.32 Å². The standard InChI is InChI=1S/C13H26N2O2/c1-6-8-9-15(7-2)11(16)10-14-12(17)13(3,4)5/h6-10H2,1-5H3,(H,14,17). The van der Waals surface area contributed by atoms with Crippen molar-refractivity contribution in [1.82, 2.24) is 10.2 Å². The van der Waals surface area contributed by atoms with Gasteiger partial charge in [0.15, 0.2) is 0 Å². The molecule has 0 aromatic carbocycles. The molecule has 1 N–H and O–H groups in total. The van der Waals surface area contributed by atoms with E-state index in [1.54, 1.807) is 4.90 Å². The Kier molecular flexibility index (Phi) is 6.85. The highest BCUT2D eigenvalue weighted by molar-refractivity contribution is 5.87. The smallest absolute Gasteiger partial charge is 0.241 e. The van der Waals surface area contributed by atoms with Crippen molar-refractivity contribution in [2.24, 2.45) is 5.41 Å². The second-order valence-corrected chi connectivity index (χ2v) is 5.26. The zero-order valence-corrected chi connectivity index (χ0v) is 11.8. The second-order valence-electron chi connectivity index (χ2n) is 5.26. The van der Waals surface area contributed by atoms with E-state index in [4.69, 9.17) is 0 Å². The van der Waals surface area contributed by atoms with Gasteiger partial charge in [0.2, 0.25) is 11.8 Å². The summed E-state index contributed by atoms with van der Waals surface area (Å²) in [6, 6.07) is 0. The molecule has 0 aliphatic carbocycles. The average molecular weight is 242 g/mol. The largest absolute Gasteiger partial charge is 0.347 e. The first-order valence-corrected chi connectivity index (χ1v) is 6.39. The molecule has 4 heteroatoms. The molecule has 0 aromatic rings. The number of amides is 2. The fourth-order valence-corrected chi connectivity index (χ4v) is 1.34. The van der Waals surface area contributed by atoms with E-state index >= 15 is 0 Å². The highest BCUT2D eigenvalue weighted by Gasteiger charge is 2.22. The normalized spacial score (nSPS) is 11.1. The van der Waals surface area contributed by atoms with Crippen LogP contribution in [0.3, 0.4) is 0 Å². The minimum absolute atomic E-state index is 0.00134. The van der Waals surface area contributed by atoms with Crippen LogP contribution in [0.1, 0.15) is 47.5 Å². The Morgan fingerprint density at radius 1 is 1.18 bits per heavy atom. The van der Waals surface area contributed by atoms with E-state index in [1.807, 2.05) is 27.7 Å².